The summed E-state index contributed by atoms with van der Waals surface area (Å²) in [6.45, 7) is 11.1. The average Bonchev–Trinajstić information content (AvgIpc) is 2.29. The Labute approximate surface area is 158 Å². The monoisotopic (exact) mass is 384 g/mol. The van der Waals surface area contributed by atoms with Crippen LogP contribution in [0.2, 0.25) is 0 Å². The molecule has 27 heavy (non-hydrogen) atoms. The number of ether oxygens (including phenoxy) is 3. The maximum atomic E-state index is 12.2. The van der Waals surface area contributed by atoms with Crippen LogP contribution in [0.15, 0.2) is 0 Å². The molecule has 2 fully saturated rings. The second-order valence-corrected chi connectivity index (χ2v) is 8.70. The first-order valence-electron chi connectivity index (χ1n) is 9.03. The van der Waals surface area contributed by atoms with Gasteiger partial charge in [0.15, 0.2) is 0 Å². The average molecular weight is 384 g/mol. The van der Waals surface area contributed by atoms with Crippen LogP contribution >= 0.6 is 0 Å². The van der Waals surface area contributed by atoms with Crippen LogP contribution < -0.4 is 0 Å². The topological polar surface area (TPSA) is 102 Å². The molecule has 9 nitrogen and oxygen atoms in total. The van der Waals surface area contributed by atoms with Crippen LogP contribution in [0.5, 0.6) is 0 Å². The lowest BCUT2D eigenvalue weighted by Crippen LogP contribution is -2.60. The fraction of sp³-hybridized carbons (Fsp3) is 0.778. The van der Waals surface area contributed by atoms with Crippen molar-refractivity contribution in [2.24, 2.45) is 0 Å². The summed E-state index contributed by atoms with van der Waals surface area (Å²) in [7, 11) is 0. The standard InChI is InChI=1S/C18H28N2O7/c1-17(2,3)26-15(23)19-9-7-11(19)13(21)25-14(22)12-8-10-20(12)16(24)27-18(4,5)6/h11-12H,7-10H2,1-6H3. The number of nitrogens with zero attached hydrogens (tertiary/aromatic N) is 2. The molecule has 2 heterocycles. The summed E-state index contributed by atoms with van der Waals surface area (Å²) in [5, 5.41) is 0. The zero-order valence-corrected chi connectivity index (χ0v) is 16.7. The second-order valence-electron chi connectivity index (χ2n) is 8.70. The third kappa shape index (κ3) is 5.33. The summed E-state index contributed by atoms with van der Waals surface area (Å²) in [6.07, 6.45) is -0.457. The summed E-state index contributed by atoms with van der Waals surface area (Å²) >= 11 is 0. The van der Waals surface area contributed by atoms with Gasteiger partial charge in [0.2, 0.25) is 0 Å². The van der Waals surface area contributed by atoms with Gasteiger partial charge in [-0.15, -0.1) is 0 Å². The molecule has 2 aliphatic heterocycles. The van der Waals surface area contributed by atoms with E-state index in [0.717, 1.165) is 0 Å². The molecule has 2 rings (SSSR count). The normalized spacial score (nSPS) is 22.3. The molecule has 9 heteroatoms. The highest BCUT2D eigenvalue weighted by Crippen LogP contribution is 2.25. The van der Waals surface area contributed by atoms with Crippen LogP contribution in [0.4, 0.5) is 9.59 Å². The van der Waals surface area contributed by atoms with Crippen molar-refractivity contribution in [3.63, 3.8) is 0 Å². The van der Waals surface area contributed by atoms with E-state index in [1.165, 1.54) is 9.80 Å². The van der Waals surface area contributed by atoms with Crippen LogP contribution in [0.3, 0.4) is 0 Å². The molecule has 0 aromatic rings. The molecule has 0 N–H and O–H groups in total. The molecular weight excluding hydrogens is 356 g/mol. The quantitative estimate of drug-likeness (QED) is 0.408. The van der Waals surface area contributed by atoms with Gasteiger partial charge in [0.1, 0.15) is 23.3 Å². The molecule has 152 valence electrons. The van der Waals surface area contributed by atoms with Crippen molar-refractivity contribution in [2.75, 3.05) is 13.1 Å². The van der Waals surface area contributed by atoms with Gasteiger partial charge < -0.3 is 14.2 Å². The van der Waals surface area contributed by atoms with Gasteiger partial charge in [-0.1, -0.05) is 0 Å². The number of rotatable bonds is 2. The van der Waals surface area contributed by atoms with Crippen molar-refractivity contribution < 1.29 is 33.4 Å². The zero-order valence-electron chi connectivity index (χ0n) is 16.7. The Morgan fingerprint density at radius 3 is 1.26 bits per heavy atom. The number of hydrogen-bond acceptors (Lipinski definition) is 7. The molecule has 0 aromatic carbocycles. The van der Waals surface area contributed by atoms with Crippen molar-refractivity contribution >= 4 is 24.1 Å². The van der Waals surface area contributed by atoms with Gasteiger partial charge in [-0.2, -0.15) is 0 Å². The van der Waals surface area contributed by atoms with Gasteiger partial charge in [0.25, 0.3) is 0 Å². The number of hydrogen-bond donors (Lipinski definition) is 0. The number of carbonyl (C=O) groups is 4. The van der Waals surface area contributed by atoms with E-state index in [1.54, 1.807) is 41.5 Å². The van der Waals surface area contributed by atoms with E-state index < -0.39 is 47.4 Å². The molecule has 2 saturated heterocycles. The Hall–Kier alpha value is -2.32. The van der Waals surface area contributed by atoms with Gasteiger partial charge in [-0.25, -0.2) is 19.2 Å². The van der Waals surface area contributed by atoms with Crippen LogP contribution in [0.25, 0.3) is 0 Å². The molecule has 0 aliphatic carbocycles. The molecule has 2 atom stereocenters. The highest BCUT2D eigenvalue weighted by molar-refractivity contribution is 5.94. The molecule has 0 aromatic heterocycles. The van der Waals surface area contributed by atoms with Crippen LogP contribution in [0, 0.1) is 0 Å². The van der Waals surface area contributed by atoms with E-state index in [2.05, 4.69) is 0 Å². The largest absolute Gasteiger partial charge is 0.444 e. The Bertz CT molecular complexity index is 579. The smallest absolute Gasteiger partial charge is 0.411 e. The number of esters is 2. The maximum absolute atomic E-state index is 12.2. The Morgan fingerprint density at radius 2 is 1.04 bits per heavy atom. The predicted octanol–water partition coefficient (Wildman–Crippen LogP) is 2.07. The molecule has 0 spiro atoms. The minimum atomic E-state index is -0.848. The van der Waals surface area contributed by atoms with Gasteiger partial charge in [-0.05, 0) is 54.4 Å². The second kappa shape index (κ2) is 7.36. The summed E-state index contributed by atoms with van der Waals surface area (Å²) in [4.78, 5) is 51.1. The van der Waals surface area contributed by atoms with Crippen LogP contribution in [0.1, 0.15) is 54.4 Å². The first-order valence-corrected chi connectivity index (χ1v) is 9.03. The molecule has 2 unspecified atom stereocenters. The number of carbonyl (C=O) groups excluding carboxylic acids is 4. The Balaban J connectivity index is 1.88. The predicted molar refractivity (Wildman–Crippen MR) is 93.8 cm³/mol. The van der Waals surface area contributed by atoms with E-state index in [4.69, 9.17) is 14.2 Å². The maximum Gasteiger partial charge on any atom is 0.411 e. The van der Waals surface area contributed by atoms with Gasteiger partial charge in [0.05, 0.1) is 0 Å². The van der Waals surface area contributed by atoms with Crippen LogP contribution in [-0.4, -0.2) is 70.3 Å². The number of likely N-dealkylation sites (tertiary alicyclic amines) is 2. The van der Waals surface area contributed by atoms with Gasteiger partial charge in [0, 0.05) is 13.1 Å². The fourth-order valence-corrected chi connectivity index (χ4v) is 2.58. The summed E-state index contributed by atoms with van der Waals surface area (Å²) in [5.74, 6) is -1.62. The lowest BCUT2D eigenvalue weighted by molar-refractivity contribution is -0.172. The van der Waals surface area contributed by atoms with E-state index in [0.29, 0.717) is 25.9 Å². The lowest BCUT2D eigenvalue weighted by atomic mass is 10.0. The van der Waals surface area contributed by atoms with E-state index >= 15 is 0 Å². The van der Waals surface area contributed by atoms with Crippen LogP contribution in [-0.2, 0) is 23.8 Å². The molecular formula is C18H28N2O7. The third-order valence-corrected chi connectivity index (χ3v) is 4.04. The summed E-state index contributed by atoms with van der Waals surface area (Å²) in [5.41, 5.74) is -1.37. The molecule has 0 bridgehead atoms. The molecule has 0 saturated carbocycles. The van der Waals surface area contributed by atoms with Crippen molar-refractivity contribution in [1.29, 1.82) is 0 Å². The van der Waals surface area contributed by atoms with Crippen molar-refractivity contribution in [1.82, 2.24) is 9.80 Å². The summed E-state index contributed by atoms with van der Waals surface area (Å²) in [6, 6.07) is -1.70. The Morgan fingerprint density at radius 1 is 0.704 bits per heavy atom. The van der Waals surface area contributed by atoms with Gasteiger partial charge >= 0.3 is 24.1 Å². The first-order chi connectivity index (χ1) is 12.3. The molecule has 2 amide bonds. The van der Waals surface area contributed by atoms with Crippen molar-refractivity contribution in [3.8, 4) is 0 Å². The summed E-state index contributed by atoms with van der Waals surface area (Å²) < 4.78 is 15.4. The van der Waals surface area contributed by atoms with E-state index in [1.807, 2.05) is 0 Å². The fourth-order valence-electron chi connectivity index (χ4n) is 2.58. The Kier molecular flexibility index (Phi) is 5.72. The molecule has 0 radical (unpaired) electrons. The SMILES string of the molecule is CC(C)(C)OC(=O)N1CCC1C(=O)OC(=O)C1CCN1C(=O)OC(C)(C)C. The van der Waals surface area contributed by atoms with E-state index in [9.17, 15) is 19.2 Å². The lowest BCUT2D eigenvalue weighted by Gasteiger charge is -2.41. The first kappa shape index (κ1) is 21.0. The van der Waals surface area contributed by atoms with Gasteiger partial charge in [-0.3, -0.25) is 9.80 Å². The molecule has 2 aliphatic rings. The van der Waals surface area contributed by atoms with Crippen molar-refractivity contribution in [2.45, 2.75) is 77.7 Å². The zero-order chi connectivity index (χ0) is 20.6. The third-order valence-electron chi connectivity index (χ3n) is 4.04. The minimum Gasteiger partial charge on any atom is -0.444 e. The van der Waals surface area contributed by atoms with Crippen molar-refractivity contribution in [3.05, 3.63) is 0 Å². The highest BCUT2D eigenvalue weighted by atomic mass is 16.6. The highest BCUT2D eigenvalue weighted by Gasteiger charge is 2.45. The van der Waals surface area contributed by atoms with E-state index in [-0.39, 0.29) is 0 Å². The minimum absolute atomic E-state index is 0.357. The number of amides is 2.